The molecule has 17 heavy (non-hydrogen) atoms. The molecule has 0 saturated heterocycles. The molecule has 2 N–H and O–H groups in total. The van der Waals surface area contributed by atoms with Gasteiger partial charge in [0.25, 0.3) is 0 Å². The third kappa shape index (κ3) is 2.11. The zero-order valence-electron chi connectivity index (χ0n) is 9.89. The molecule has 1 unspecified atom stereocenters. The molecule has 2 aromatic rings. The number of benzene rings is 1. The fourth-order valence-electron chi connectivity index (χ4n) is 1.98. The molecule has 1 aliphatic carbocycles. The third-order valence-electron chi connectivity index (χ3n) is 3.23. The summed E-state index contributed by atoms with van der Waals surface area (Å²) in [5.41, 5.74) is 9.13. The van der Waals surface area contributed by atoms with E-state index >= 15 is 0 Å². The molecule has 0 aliphatic heterocycles. The zero-order chi connectivity index (χ0) is 11.8. The minimum atomic E-state index is -0.109. The quantitative estimate of drug-likeness (QED) is 0.877. The number of rotatable bonds is 3. The first kappa shape index (κ1) is 10.5. The number of hydrogen-bond acceptors (Lipinski definition) is 3. The predicted molar refractivity (Wildman–Crippen MR) is 66.5 cm³/mol. The Morgan fingerprint density at radius 3 is 2.53 bits per heavy atom. The molecule has 3 nitrogen and oxygen atoms in total. The summed E-state index contributed by atoms with van der Waals surface area (Å²) in [7, 11) is 0. The Balaban J connectivity index is 1.86. The number of hydrogen-bond donors (Lipinski definition) is 1. The van der Waals surface area contributed by atoms with Gasteiger partial charge in [-0.05, 0) is 31.2 Å². The van der Waals surface area contributed by atoms with Gasteiger partial charge in [0.15, 0.2) is 5.76 Å². The molecule has 1 saturated carbocycles. The molecule has 1 fully saturated rings. The molecule has 1 aromatic carbocycles. The second-order valence-electron chi connectivity index (χ2n) is 4.80. The first-order chi connectivity index (χ1) is 8.24. The maximum Gasteiger partial charge on any atom is 0.153 e. The smallest absolute Gasteiger partial charge is 0.153 e. The van der Waals surface area contributed by atoms with Gasteiger partial charge in [0.2, 0.25) is 0 Å². The highest BCUT2D eigenvalue weighted by atomic mass is 16.5. The van der Waals surface area contributed by atoms with E-state index in [2.05, 4.69) is 29.4 Å². The number of nitrogens with zero attached hydrogens (tertiary/aromatic N) is 1. The largest absolute Gasteiger partial charge is 0.359 e. The van der Waals surface area contributed by atoms with Crippen LogP contribution < -0.4 is 5.73 Å². The van der Waals surface area contributed by atoms with Gasteiger partial charge in [-0.25, -0.2) is 0 Å². The summed E-state index contributed by atoms with van der Waals surface area (Å²) >= 11 is 0. The van der Waals surface area contributed by atoms with Gasteiger partial charge in [-0.2, -0.15) is 0 Å². The van der Waals surface area contributed by atoms with Crippen molar-refractivity contribution in [3.05, 3.63) is 41.7 Å². The van der Waals surface area contributed by atoms with Crippen LogP contribution >= 0.6 is 0 Å². The van der Waals surface area contributed by atoms with Crippen LogP contribution in [-0.2, 0) is 0 Å². The maximum atomic E-state index is 5.74. The Kier molecular flexibility index (Phi) is 2.48. The van der Waals surface area contributed by atoms with Gasteiger partial charge in [0.05, 0.1) is 6.04 Å². The standard InChI is InChI=1S/C14H16N2O/c1-9(15)14-8-13(16-17-14)12-6-4-11(5-7-12)10-2-3-10/h4-10H,2-3,15H2,1H3. The first-order valence-corrected chi connectivity index (χ1v) is 6.06. The topological polar surface area (TPSA) is 52.0 Å². The number of nitrogens with two attached hydrogens (primary N) is 1. The molecule has 0 amide bonds. The Morgan fingerprint density at radius 1 is 1.29 bits per heavy atom. The molecule has 1 atom stereocenters. The van der Waals surface area contributed by atoms with E-state index < -0.39 is 0 Å². The molecule has 3 heteroatoms. The van der Waals surface area contributed by atoms with Crippen LogP contribution in [0.5, 0.6) is 0 Å². The second-order valence-corrected chi connectivity index (χ2v) is 4.80. The lowest BCUT2D eigenvalue weighted by Crippen LogP contribution is -2.02. The lowest BCUT2D eigenvalue weighted by molar-refractivity contribution is 0.369. The zero-order valence-corrected chi connectivity index (χ0v) is 9.89. The van der Waals surface area contributed by atoms with E-state index in [-0.39, 0.29) is 6.04 Å². The van der Waals surface area contributed by atoms with Gasteiger partial charge in [-0.15, -0.1) is 0 Å². The van der Waals surface area contributed by atoms with Gasteiger partial charge in [0.1, 0.15) is 5.69 Å². The molecular formula is C14H16N2O. The molecule has 0 spiro atoms. The summed E-state index contributed by atoms with van der Waals surface area (Å²) < 4.78 is 5.20. The number of aromatic nitrogens is 1. The molecule has 1 heterocycles. The van der Waals surface area contributed by atoms with Crippen molar-refractivity contribution in [2.24, 2.45) is 5.73 Å². The summed E-state index contributed by atoms with van der Waals surface area (Å²) in [5.74, 6) is 1.52. The molecule has 1 aliphatic rings. The molecule has 1 aromatic heterocycles. The Morgan fingerprint density at radius 2 is 2.00 bits per heavy atom. The van der Waals surface area contributed by atoms with E-state index in [1.165, 1.54) is 18.4 Å². The van der Waals surface area contributed by atoms with Crippen molar-refractivity contribution in [2.45, 2.75) is 31.7 Å². The van der Waals surface area contributed by atoms with E-state index in [1.807, 2.05) is 13.0 Å². The summed E-state index contributed by atoms with van der Waals surface area (Å²) in [6.07, 6.45) is 2.66. The minimum absolute atomic E-state index is 0.109. The Bertz CT molecular complexity index is 509. The van der Waals surface area contributed by atoms with Crippen molar-refractivity contribution >= 4 is 0 Å². The molecule has 0 radical (unpaired) electrons. The van der Waals surface area contributed by atoms with Gasteiger partial charge in [-0.1, -0.05) is 29.4 Å². The van der Waals surface area contributed by atoms with Crippen molar-refractivity contribution in [3.63, 3.8) is 0 Å². The van der Waals surface area contributed by atoms with Crippen molar-refractivity contribution in [3.8, 4) is 11.3 Å². The summed E-state index contributed by atoms with van der Waals surface area (Å²) in [4.78, 5) is 0. The van der Waals surface area contributed by atoms with E-state index in [0.717, 1.165) is 22.9 Å². The summed E-state index contributed by atoms with van der Waals surface area (Å²) in [5, 5.41) is 4.04. The average Bonchev–Trinajstić information content (AvgIpc) is 3.06. The first-order valence-electron chi connectivity index (χ1n) is 6.06. The van der Waals surface area contributed by atoms with Crippen molar-refractivity contribution in [1.29, 1.82) is 0 Å². The van der Waals surface area contributed by atoms with Crippen LogP contribution in [0.2, 0.25) is 0 Å². The lowest BCUT2D eigenvalue weighted by Gasteiger charge is -1.99. The van der Waals surface area contributed by atoms with Gasteiger partial charge in [-0.3, -0.25) is 0 Å². The normalized spacial score (nSPS) is 17.1. The average molecular weight is 228 g/mol. The van der Waals surface area contributed by atoms with Crippen LogP contribution in [0.15, 0.2) is 34.9 Å². The van der Waals surface area contributed by atoms with Crippen LogP contribution in [0.4, 0.5) is 0 Å². The molecule has 0 bridgehead atoms. The van der Waals surface area contributed by atoms with Crippen LogP contribution in [0.1, 0.15) is 43.0 Å². The van der Waals surface area contributed by atoms with Gasteiger partial charge >= 0.3 is 0 Å². The highest BCUT2D eigenvalue weighted by Crippen LogP contribution is 2.40. The summed E-state index contributed by atoms with van der Waals surface area (Å²) in [6, 6.07) is 10.4. The van der Waals surface area contributed by atoms with Crippen LogP contribution in [0, 0.1) is 0 Å². The molecule has 88 valence electrons. The van der Waals surface area contributed by atoms with E-state index in [0.29, 0.717) is 0 Å². The van der Waals surface area contributed by atoms with Crippen molar-refractivity contribution in [1.82, 2.24) is 5.16 Å². The van der Waals surface area contributed by atoms with Gasteiger partial charge < -0.3 is 10.3 Å². The second kappa shape index (κ2) is 4.00. The summed E-state index contributed by atoms with van der Waals surface area (Å²) in [6.45, 7) is 1.89. The SMILES string of the molecule is CC(N)c1cc(-c2ccc(C3CC3)cc2)no1. The van der Waals surface area contributed by atoms with Crippen molar-refractivity contribution < 1.29 is 4.52 Å². The fraction of sp³-hybridized carbons (Fsp3) is 0.357. The third-order valence-corrected chi connectivity index (χ3v) is 3.23. The maximum absolute atomic E-state index is 5.74. The van der Waals surface area contributed by atoms with Crippen LogP contribution in [0.3, 0.4) is 0 Å². The monoisotopic (exact) mass is 228 g/mol. The minimum Gasteiger partial charge on any atom is -0.359 e. The highest BCUT2D eigenvalue weighted by Gasteiger charge is 2.23. The Hall–Kier alpha value is -1.61. The molecule has 3 rings (SSSR count). The van der Waals surface area contributed by atoms with E-state index in [1.54, 1.807) is 0 Å². The van der Waals surface area contributed by atoms with Crippen LogP contribution in [-0.4, -0.2) is 5.16 Å². The molecular weight excluding hydrogens is 212 g/mol. The predicted octanol–water partition coefficient (Wildman–Crippen LogP) is 3.24. The fourth-order valence-corrected chi connectivity index (χ4v) is 1.98. The lowest BCUT2D eigenvalue weighted by atomic mass is 10.1. The highest BCUT2D eigenvalue weighted by molar-refractivity contribution is 5.59. The van der Waals surface area contributed by atoms with Crippen molar-refractivity contribution in [2.75, 3.05) is 0 Å². The van der Waals surface area contributed by atoms with Gasteiger partial charge in [0, 0.05) is 11.6 Å². The van der Waals surface area contributed by atoms with E-state index in [4.69, 9.17) is 10.3 Å². The Labute approximate surface area is 101 Å². The van der Waals surface area contributed by atoms with E-state index in [9.17, 15) is 0 Å². The van der Waals surface area contributed by atoms with Crippen LogP contribution in [0.25, 0.3) is 11.3 Å².